The summed E-state index contributed by atoms with van der Waals surface area (Å²) in [5, 5.41) is 10.5. The summed E-state index contributed by atoms with van der Waals surface area (Å²) in [5.74, 6) is 1.15. The fourth-order valence-electron chi connectivity index (χ4n) is 3.18. The predicted molar refractivity (Wildman–Crippen MR) is 103 cm³/mol. The van der Waals surface area contributed by atoms with Gasteiger partial charge >= 0.3 is 0 Å². The van der Waals surface area contributed by atoms with Crippen molar-refractivity contribution in [2.24, 2.45) is 0 Å². The normalized spacial score (nSPS) is 16.0. The molecule has 3 rings (SSSR count). The van der Waals surface area contributed by atoms with Crippen molar-refractivity contribution in [3.8, 4) is 0 Å². The van der Waals surface area contributed by atoms with E-state index in [4.69, 9.17) is 0 Å². The Morgan fingerprint density at radius 3 is 2.15 bits per heavy atom. The van der Waals surface area contributed by atoms with E-state index in [0.29, 0.717) is 24.6 Å². The van der Waals surface area contributed by atoms with Crippen molar-refractivity contribution in [2.75, 3.05) is 31.1 Å². The minimum absolute atomic E-state index is 0.223. The number of piperazine rings is 1. The quantitative estimate of drug-likeness (QED) is 0.918. The number of pyridine rings is 1. The summed E-state index contributed by atoms with van der Waals surface area (Å²) in [5.41, 5.74) is 2.99. The molecule has 1 aromatic carbocycles. The lowest BCUT2D eigenvalue weighted by molar-refractivity contribution is -0.140. The number of carbonyl (C=O) groups excluding carboxylic acids is 1. The lowest BCUT2D eigenvalue weighted by atomic mass is 9.99. The third-order valence-electron chi connectivity index (χ3n) is 4.96. The van der Waals surface area contributed by atoms with Crippen LogP contribution >= 0.6 is 0 Å². The summed E-state index contributed by atoms with van der Waals surface area (Å²) in [6.07, 6.45) is 0.762. The highest BCUT2D eigenvalue weighted by Crippen LogP contribution is 2.21. The number of amides is 1. The number of aryl methyl sites for hydroxylation is 1. The summed E-state index contributed by atoms with van der Waals surface area (Å²) in [7, 11) is 0. The fraction of sp³-hybridized carbons (Fsp3) is 0.429. The largest absolute Gasteiger partial charge is 0.378 e. The molecule has 1 aromatic heterocycles. The van der Waals surface area contributed by atoms with Crippen LogP contribution in [0.4, 0.5) is 5.82 Å². The zero-order chi connectivity index (χ0) is 18.7. The molecule has 1 unspecified atom stereocenters. The van der Waals surface area contributed by atoms with E-state index in [1.54, 1.807) is 4.90 Å². The average Bonchev–Trinajstić information content (AvgIpc) is 2.67. The molecular formula is C21H27N3O2. The lowest BCUT2D eigenvalue weighted by Gasteiger charge is -2.36. The number of hydrogen-bond donors (Lipinski definition) is 1. The van der Waals surface area contributed by atoms with Gasteiger partial charge in [-0.3, -0.25) is 4.79 Å². The number of aliphatic hydroxyl groups is 1. The van der Waals surface area contributed by atoms with Gasteiger partial charge in [0.2, 0.25) is 0 Å². The Labute approximate surface area is 155 Å². The monoisotopic (exact) mass is 353 g/mol. The van der Waals surface area contributed by atoms with Crippen molar-refractivity contribution in [1.29, 1.82) is 0 Å². The molecule has 0 radical (unpaired) electrons. The Balaban J connectivity index is 1.59. The number of rotatable bonds is 4. The molecule has 5 heteroatoms. The maximum atomic E-state index is 12.6. The molecule has 1 saturated heterocycles. The number of hydrogen-bond acceptors (Lipinski definition) is 4. The van der Waals surface area contributed by atoms with Gasteiger partial charge in [-0.15, -0.1) is 0 Å². The van der Waals surface area contributed by atoms with Crippen LogP contribution in [0.25, 0.3) is 0 Å². The number of nitrogens with zero attached hydrogens (tertiary/aromatic N) is 3. The van der Waals surface area contributed by atoms with E-state index < -0.39 is 6.10 Å². The summed E-state index contributed by atoms with van der Waals surface area (Å²) < 4.78 is 0. The predicted octanol–water partition coefficient (Wildman–Crippen LogP) is 2.90. The van der Waals surface area contributed by atoms with E-state index in [1.807, 2.05) is 49.5 Å². The first kappa shape index (κ1) is 18.4. The first-order valence-electron chi connectivity index (χ1n) is 9.20. The van der Waals surface area contributed by atoms with Gasteiger partial charge in [0.05, 0.1) is 0 Å². The summed E-state index contributed by atoms with van der Waals surface area (Å²) in [6, 6.07) is 11.7. The van der Waals surface area contributed by atoms with Crippen molar-refractivity contribution in [3.63, 3.8) is 0 Å². The molecule has 1 atom stereocenters. The van der Waals surface area contributed by atoms with Crippen LogP contribution in [-0.4, -0.2) is 47.1 Å². The van der Waals surface area contributed by atoms with Crippen LogP contribution in [0.15, 0.2) is 42.6 Å². The van der Waals surface area contributed by atoms with Crippen LogP contribution in [-0.2, 0) is 4.79 Å². The maximum absolute atomic E-state index is 12.6. The third kappa shape index (κ3) is 4.05. The number of carbonyl (C=O) groups is 1. The maximum Gasteiger partial charge on any atom is 0.256 e. The first-order valence-corrected chi connectivity index (χ1v) is 9.20. The Kier molecular flexibility index (Phi) is 5.57. The highest BCUT2D eigenvalue weighted by molar-refractivity contribution is 5.82. The molecule has 0 bridgehead atoms. The van der Waals surface area contributed by atoms with Gasteiger partial charge in [-0.1, -0.05) is 44.2 Å². The lowest BCUT2D eigenvalue weighted by Crippen LogP contribution is -2.50. The molecule has 1 aliphatic rings. The molecule has 0 saturated carbocycles. The first-order chi connectivity index (χ1) is 12.5. The van der Waals surface area contributed by atoms with Crippen LogP contribution in [0.1, 0.15) is 42.6 Å². The zero-order valence-corrected chi connectivity index (χ0v) is 15.7. The molecule has 2 heterocycles. The second-order valence-electron chi connectivity index (χ2n) is 7.23. The second-order valence-corrected chi connectivity index (χ2v) is 7.23. The van der Waals surface area contributed by atoms with Gasteiger partial charge in [0.15, 0.2) is 6.10 Å². The van der Waals surface area contributed by atoms with Gasteiger partial charge in [-0.2, -0.15) is 0 Å². The van der Waals surface area contributed by atoms with Gasteiger partial charge in [-0.05, 0) is 35.6 Å². The third-order valence-corrected chi connectivity index (χ3v) is 4.96. The average molecular weight is 353 g/mol. The minimum atomic E-state index is -1.10. The SMILES string of the molecule is Cc1ccc(N2CCN(C(=O)C(O)c3ccc(C(C)C)cc3)CC2)nc1. The molecule has 5 nitrogen and oxygen atoms in total. The molecular weight excluding hydrogens is 326 g/mol. The Bertz CT molecular complexity index is 733. The van der Waals surface area contributed by atoms with E-state index in [2.05, 4.69) is 23.7 Å². The summed E-state index contributed by atoms with van der Waals surface area (Å²) in [6.45, 7) is 8.90. The Morgan fingerprint density at radius 2 is 1.62 bits per heavy atom. The highest BCUT2D eigenvalue weighted by Gasteiger charge is 2.27. The Hall–Kier alpha value is -2.40. The molecule has 1 amide bonds. The zero-order valence-electron chi connectivity index (χ0n) is 15.7. The van der Waals surface area contributed by atoms with E-state index in [9.17, 15) is 9.90 Å². The molecule has 26 heavy (non-hydrogen) atoms. The summed E-state index contributed by atoms with van der Waals surface area (Å²) in [4.78, 5) is 21.0. The number of anilines is 1. The number of benzene rings is 1. The standard InChI is InChI=1S/C21H27N3O2/c1-15(2)17-5-7-18(8-6-17)20(25)21(26)24-12-10-23(11-13-24)19-9-4-16(3)14-22-19/h4-9,14-15,20,25H,10-13H2,1-3H3. The van der Waals surface area contributed by atoms with E-state index >= 15 is 0 Å². The second kappa shape index (κ2) is 7.87. The molecule has 0 spiro atoms. The molecule has 1 N–H and O–H groups in total. The Morgan fingerprint density at radius 1 is 1.00 bits per heavy atom. The highest BCUT2D eigenvalue weighted by atomic mass is 16.3. The van der Waals surface area contributed by atoms with Crippen molar-refractivity contribution in [2.45, 2.75) is 32.8 Å². The topological polar surface area (TPSA) is 56.7 Å². The van der Waals surface area contributed by atoms with Gasteiger partial charge in [0, 0.05) is 32.4 Å². The van der Waals surface area contributed by atoms with Crippen molar-refractivity contribution < 1.29 is 9.90 Å². The fourth-order valence-corrected chi connectivity index (χ4v) is 3.18. The molecule has 0 aliphatic carbocycles. The number of aliphatic hydroxyl groups excluding tert-OH is 1. The van der Waals surface area contributed by atoms with Crippen LogP contribution in [0, 0.1) is 6.92 Å². The number of aromatic nitrogens is 1. The van der Waals surface area contributed by atoms with Gasteiger partial charge in [0.1, 0.15) is 5.82 Å². The van der Waals surface area contributed by atoms with Crippen LogP contribution in [0.5, 0.6) is 0 Å². The van der Waals surface area contributed by atoms with Crippen LogP contribution in [0.3, 0.4) is 0 Å². The van der Waals surface area contributed by atoms with Gasteiger partial charge < -0.3 is 14.9 Å². The molecule has 1 aliphatic heterocycles. The smallest absolute Gasteiger partial charge is 0.256 e. The van der Waals surface area contributed by atoms with Crippen molar-refractivity contribution in [3.05, 3.63) is 59.3 Å². The minimum Gasteiger partial charge on any atom is -0.378 e. The molecule has 2 aromatic rings. The van der Waals surface area contributed by atoms with Gasteiger partial charge in [-0.25, -0.2) is 4.98 Å². The van der Waals surface area contributed by atoms with E-state index in [0.717, 1.165) is 24.5 Å². The van der Waals surface area contributed by atoms with E-state index in [-0.39, 0.29) is 5.91 Å². The molecule has 138 valence electrons. The van der Waals surface area contributed by atoms with Crippen molar-refractivity contribution in [1.82, 2.24) is 9.88 Å². The van der Waals surface area contributed by atoms with E-state index in [1.165, 1.54) is 5.56 Å². The van der Waals surface area contributed by atoms with Crippen molar-refractivity contribution >= 4 is 11.7 Å². The van der Waals surface area contributed by atoms with Gasteiger partial charge in [0.25, 0.3) is 5.91 Å². The summed E-state index contributed by atoms with van der Waals surface area (Å²) >= 11 is 0. The van der Waals surface area contributed by atoms with Crippen LogP contribution < -0.4 is 4.90 Å². The molecule has 1 fully saturated rings. The van der Waals surface area contributed by atoms with Crippen LogP contribution in [0.2, 0.25) is 0 Å².